The predicted octanol–water partition coefficient (Wildman–Crippen LogP) is 3.06. The molecule has 0 heterocycles. The van der Waals surface area contributed by atoms with Crippen molar-refractivity contribution in [1.29, 1.82) is 0 Å². The zero-order valence-corrected chi connectivity index (χ0v) is 11.5. The second kappa shape index (κ2) is 5.55. The van der Waals surface area contributed by atoms with Crippen molar-refractivity contribution in [2.24, 2.45) is 0 Å². The summed E-state index contributed by atoms with van der Waals surface area (Å²) in [5.41, 5.74) is -1.52. The van der Waals surface area contributed by atoms with E-state index in [9.17, 15) is 18.4 Å². The summed E-state index contributed by atoms with van der Waals surface area (Å²) in [6.07, 6.45) is 0. The number of halogens is 2. The van der Waals surface area contributed by atoms with Crippen molar-refractivity contribution >= 4 is 11.9 Å². The molecule has 0 aliphatic carbocycles. The summed E-state index contributed by atoms with van der Waals surface area (Å²) in [7, 11) is 0. The van der Waals surface area contributed by atoms with E-state index in [2.05, 4.69) is 0 Å². The van der Waals surface area contributed by atoms with Gasteiger partial charge < -0.3 is 10.2 Å². The topological polar surface area (TPSA) is 74.6 Å². The van der Waals surface area contributed by atoms with E-state index in [1.165, 1.54) is 30.3 Å². The van der Waals surface area contributed by atoms with Gasteiger partial charge in [0.05, 0.1) is 0 Å². The minimum atomic E-state index is -2.10. The number of rotatable bonds is 4. The van der Waals surface area contributed by atoms with E-state index >= 15 is 0 Å². The number of carboxylic acids is 2. The van der Waals surface area contributed by atoms with Crippen LogP contribution in [-0.2, 0) is 15.0 Å². The highest BCUT2D eigenvalue weighted by Gasteiger charge is 2.43. The molecule has 0 amide bonds. The second-order valence-corrected chi connectivity index (χ2v) is 4.94. The normalized spacial score (nSPS) is 11.2. The Morgan fingerprint density at radius 2 is 1.50 bits per heavy atom. The molecule has 0 spiro atoms. The average molecular weight is 306 g/mol. The molecule has 0 fully saturated rings. The molecule has 0 aliphatic rings. The molecule has 0 aliphatic heterocycles. The Kier molecular flexibility index (Phi) is 3.95. The summed E-state index contributed by atoms with van der Waals surface area (Å²) in [6.45, 7) is 1.07. The molecular weight excluding hydrogens is 294 g/mol. The zero-order chi connectivity index (χ0) is 16.5. The van der Waals surface area contributed by atoms with Gasteiger partial charge in [-0.15, -0.1) is 0 Å². The molecule has 2 aromatic rings. The van der Waals surface area contributed by atoms with Gasteiger partial charge in [0, 0.05) is 11.6 Å². The van der Waals surface area contributed by atoms with E-state index in [0.717, 1.165) is 19.1 Å². The first kappa shape index (κ1) is 15.6. The van der Waals surface area contributed by atoms with E-state index in [1.807, 2.05) is 0 Å². The third kappa shape index (κ3) is 2.55. The van der Waals surface area contributed by atoms with Crippen LogP contribution >= 0.6 is 0 Å². The lowest BCUT2D eigenvalue weighted by molar-refractivity contribution is -0.156. The minimum absolute atomic E-state index is 0.0544. The maximum atomic E-state index is 13.7. The Morgan fingerprint density at radius 3 is 1.95 bits per heavy atom. The largest absolute Gasteiger partial charge is 0.480 e. The quantitative estimate of drug-likeness (QED) is 0.851. The van der Waals surface area contributed by atoms with Gasteiger partial charge in [0.15, 0.2) is 5.41 Å². The molecule has 0 saturated carbocycles. The van der Waals surface area contributed by atoms with Gasteiger partial charge in [-0.2, -0.15) is 0 Å². The van der Waals surface area contributed by atoms with Crippen LogP contribution in [0.25, 0.3) is 11.1 Å². The summed E-state index contributed by atoms with van der Waals surface area (Å²) in [4.78, 5) is 22.5. The summed E-state index contributed by atoms with van der Waals surface area (Å²) >= 11 is 0. The molecule has 0 bridgehead atoms. The Hall–Kier alpha value is -2.76. The Balaban J connectivity index is 2.46. The number of carboxylic acid groups (broad SMARTS) is 2. The third-order valence-corrected chi connectivity index (χ3v) is 3.56. The molecule has 0 saturated heterocycles. The second-order valence-electron chi connectivity index (χ2n) is 4.94. The third-order valence-electron chi connectivity index (χ3n) is 3.56. The predicted molar refractivity (Wildman–Crippen MR) is 74.4 cm³/mol. The lowest BCUT2D eigenvalue weighted by Crippen LogP contribution is -2.40. The molecule has 4 nitrogen and oxygen atoms in total. The number of hydrogen-bond acceptors (Lipinski definition) is 2. The first-order valence-electron chi connectivity index (χ1n) is 6.29. The van der Waals surface area contributed by atoms with Crippen LogP contribution in [0.5, 0.6) is 0 Å². The van der Waals surface area contributed by atoms with Gasteiger partial charge >= 0.3 is 11.9 Å². The average Bonchev–Trinajstić information content (AvgIpc) is 2.46. The molecule has 2 rings (SSSR count). The van der Waals surface area contributed by atoms with Crippen molar-refractivity contribution < 1.29 is 28.6 Å². The van der Waals surface area contributed by atoms with Crippen LogP contribution in [0.2, 0.25) is 0 Å². The first-order chi connectivity index (χ1) is 10.3. The van der Waals surface area contributed by atoms with Crippen LogP contribution < -0.4 is 0 Å². The Labute approximate surface area is 124 Å². The van der Waals surface area contributed by atoms with Gasteiger partial charge in [-0.25, -0.2) is 8.78 Å². The van der Waals surface area contributed by atoms with Gasteiger partial charge in [-0.3, -0.25) is 9.59 Å². The molecule has 114 valence electrons. The van der Waals surface area contributed by atoms with E-state index in [0.29, 0.717) is 5.56 Å². The molecule has 0 radical (unpaired) electrons. The van der Waals surface area contributed by atoms with Crippen molar-refractivity contribution in [2.45, 2.75) is 12.3 Å². The summed E-state index contributed by atoms with van der Waals surface area (Å²) in [5, 5.41) is 18.3. The van der Waals surface area contributed by atoms with Crippen LogP contribution in [0.15, 0.2) is 42.5 Å². The molecule has 6 heteroatoms. The molecular formula is C16H12F2O4. The maximum absolute atomic E-state index is 13.7. The Morgan fingerprint density at radius 1 is 0.955 bits per heavy atom. The van der Waals surface area contributed by atoms with E-state index in [1.54, 1.807) is 0 Å². The lowest BCUT2D eigenvalue weighted by Gasteiger charge is -2.20. The minimum Gasteiger partial charge on any atom is -0.480 e. The molecule has 2 aromatic carbocycles. The molecule has 2 N–H and O–H groups in total. The molecule has 0 unspecified atom stereocenters. The highest BCUT2D eigenvalue weighted by molar-refractivity contribution is 6.04. The summed E-state index contributed by atoms with van der Waals surface area (Å²) < 4.78 is 26.6. The van der Waals surface area contributed by atoms with Gasteiger partial charge in [0.25, 0.3) is 0 Å². The number of carbonyl (C=O) groups is 2. The fraction of sp³-hybridized carbons (Fsp3) is 0.125. The summed E-state index contributed by atoms with van der Waals surface area (Å²) in [6, 6.07) is 8.51. The standard InChI is InChI=1S/C16H12F2O4/c1-16(14(19)20,15(21)22)10-4-2-9(3-5-10)12-7-6-11(17)8-13(12)18/h2-8H,1H3,(H,19,20)(H,21,22). The first-order valence-corrected chi connectivity index (χ1v) is 6.29. The van der Waals surface area contributed by atoms with Crippen LogP contribution in [0.3, 0.4) is 0 Å². The van der Waals surface area contributed by atoms with Gasteiger partial charge in [0.2, 0.25) is 0 Å². The zero-order valence-electron chi connectivity index (χ0n) is 11.5. The molecule has 22 heavy (non-hydrogen) atoms. The highest BCUT2D eigenvalue weighted by Crippen LogP contribution is 2.29. The van der Waals surface area contributed by atoms with Crippen molar-refractivity contribution in [3.05, 3.63) is 59.7 Å². The van der Waals surface area contributed by atoms with Crippen molar-refractivity contribution in [3.63, 3.8) is 0 Å². The van der Waals surface area contributed by atoms with Crippen LogP contribution in [-0.4, -0.2) is 22.2 Å². The van der Waals surface area contributed by atoms with Crippen molar-refractivity contribution in [2.75, 3.05) is 0 Å². The van der Waals surface area contributed by atoms with Gasteiger partial charge in [0.1, 0.15) is 11.6 Å². The lowest BCUT2D eigenvalue weighted by atomic mass is 9.82. The van der Waals surface area contributed by atoms with Crippen LogP contribution in [0.1, 0.15) is 12.5 Å². The summed E-state index contributed by atoms with van der Waals surface area (Å²) in [5.74, 6) is -4.46. The smallest absolute Gasteiger partial charge is 0.325 e. The van der Waals surface area contributed by atoms with E-state index in [4.69, 9.17) is 10.2 Å². The SMILES string of the molecule is CC(C(=O)O)(C(=O)O)c1ccc(-c2ccc(F)cc2F)cc1. The number of hydrogen-bond donors (Lipinski definition) is 2. The number of aliphatic carboxylic acids is 2. The van der Waals surface area contributed by atoms with Gasteiger partial charge in [-0.05, 0) is 30.2 Å². The number of benzene rings is 2. The molecule has 0 aromatic heterocycles. The fourth-order valence-corrected chi connectivity index (χ4v) is 2.05. The van der Waals surface area contributed by atoms with Crippen LogP contribution in [0.4, 0.5) is 8.78 Å². The van der Waals surface area contributed by atoms with Gasteiger partial charge in [-0.1, -0.05) is 24.3 Å². The van der Waals surface area contributed by atoms with Crippen molar-refractivity contribution in [1.82, 2.24) is 0 Å². The molecule has 0 atom stereocenters. The maximum Gasteiger partial charge on any atom is 0.325 e. The Bertz CT molecular complexity index is 724. The van der Waals surface area contributed by atoms with E-state index in [-0.39, 0.29) is 11.1 Å². The highest BCUT2D eigenvalue weighted by atomic mass is 19.1. The monoisotopic (exact) mass is 306 g/mol. The van der Waals surface area contributed by atoms with Crippen molar-refractivity contribution in [3.8, 4) is 11.1 Å². The fourth-order valence-electron chi connectivity index (χ4n) is 2.05. The van der Waals surface area contributed by atoms with E-state index < -0.39 is 29.0 Å². The van der Waals surface area contributed by atoms with Crippen LogP contribution in [0, 0.1) is 11.6 Å².